The molecule has 0 fully saturated rings. The summed E-state index contributed by atoms with van der Waals surface area (Å²) in [6.07, 6.45) is 2.67. The molecule has 0 spiro atoms. The van der Waals surface area contributed by atoms with Crippen LogP contribution < -0.4 is 0 Å². The van der Waals surface area contributed by atoms with Crippen LogP contribution in [0.5, 0.6) is 0 Å². The number of hydrogen-bond donors (Lipinski definition) is 0. The molecule has 6 heteroatoms. The minimum absolute atomic E-state index is 0.125. The second-order valence-electron chi connectivity index (χ2n) is 5.88. The minimum atomic E-state index is -3.58. The summed E-state index contributed by atoms with van der Waals surface area (Å²) in [6.45, 7) is 3.73. The zero-order chi connectivity index (χ0) is 18.2. The van der Waals surface area contributed by atoms with Gasteiger partial charge in [-0.1, -0.05) is 41.9 Å². The van der Waals surface area contributed by atoms with E-state index in [1.807, 2.05) is 56.3 Å². The number of hydrogen-bond acceptors (Lipinski definition) is 4. The van der Waals surface area contributed by atoms with Crippen LogP contribution in [0.15, 0.2) is 53.6 Å². The van der Waals surface area contributed by atoms with Gasteiger partial charge in [0.15, 0.2) is 9.84 Å². The van der Waals surface area contributed by atoms with Gasteiger partial charge in [0.1, 0.15) is 4.90 Å². The number of aryl methyl sites for hydroxylation is 2. The van der Waals surface area contributed by atoms with Gasteiger partial charge in [0, 0.05) is 35.0 Å². The number of aromatic nitrogens is 2. The molecule has 3 rings (SSSR count). The van der Waals surface area contributed by atoms with Crippen LogP contribution >= 0.6 is 11.6 Å². The van der Waals surface area contributed by atoms with E-state index in [4.69, 9.17) is 11.6 Å². The molecule has 0 unspecified atom stereocenters. The van der Waals surface area contributed by atoms with Gasteiger partial charge in [-0.15, -0.1) is 0 Å². The Labute approximate surface area is 152 Å². The van der Waals surface area contributed by atoms with Crippen LogP contribution in [0.25, 0.3) is 22.4 Å². The first-order valence-electron chi connectivity index (χ1n) is 7.67. The van der Waals surface area contributed by atoms with E-state index in [2.05, 4.69) is 9.97 Å². The van der Waals surface area contributed by atoms with E-state index in [0.717, 1.165) is 17.0 Å². The molecule has 25 heavy (non-hydrogen) atoms. The van der Waals surface area contributed by atoms with Crippen molar-refractivity contribution in [1.82, 2.24) is 9.97 Å². The SMILES string of the molecule is Cc1ccc(-c2ncc(Cl)c(-c3ccccc3)c2S(C)(=O)=O)c(C)n1. The summed E-state index contributed by atoms with van der Waals surface area (Å²) in [7, 11) is -3.58. The summed E-state index contributed by atoms with van der Waals surface area (Å²) in [5.41, 5.74) is 3.83. The molecular formula is C19H17ClN2O2S. The molecule has 0 radical (unpaired) electrons. The van der Waals surface area contributed by atoms with E-state index >= 15 is 0 Å². The molecule has 1 aromatic carbocycles. The molecule has 128 valence electrons. The van der Waals surface area contributed by atoms with E-state index in [-0.39, 0.29) is 4.90 Å². The van der Waals surface area contributed by atoms with Gasteiger partial charge in [-0.05, 0) is 31.5 Å². The Kier molecular flexibility index (Phi) is 4.62. The molecule has 0 atom stereocenters. The highest BCUT2D eigenvalue weighted by Gasteiger charge is 2.25. The van der Waals surface area contributed by atoms with Crippen LogP contribution in [-0.4, -0.2) is 24.6 Å². The first-order chi connectivity index (χ1) is 11.8. The standard InChI is InChI=1S/C19H17ClN2O2S/c1-12-9-10-15(13(2)22-12)18-19(25(3,23)24)17(16(20)11-21-18)14-7-5-4-6-8-14/h4-11H,1-3H3. The predicted octanol–water partition coefficient (Wildman–Crippen LogP) is 4.48. The molecule has 0 aliphatic heterocycles. The third-order valence-corrected chi connectivity index (χ3v) is 5.33. The van der Waals surface area contributed by atoms with Gasteiger partial charge in [0.05, 0.1) is 10.7 Å². The Balaban J connectivity index is 2.42. The first kappa shape index (κ1) is 17.6. The number of benzene rings is 1. The number of halogens is 1. The van der Waals surface area contributed by atoms with Gasteiger partial charge in [-0.25, -0.2) is 8.42 Å². The highest BCUT2D eigenvalue weighted by molar-refractivity contribution is 7.91. The minimum Gasteiger partial charge on any atom is -0.258 e. The monoisotopic (exact) mass is 372 g/mol. The van der Waals surface area contributed by atoms with E-state index in [1.54, 1.807) is 0 Å². The van der Waals surface area contributed by atoms with Crippen LogP contribution in [0.4, 0.5) is 0 Å². The van der Waals surface area contributed by atoms with Gasteiger partial charge in [-0.2, -0.15) is 0 Å². The maximum Gasteiger partial charge on any atom is 0.178 e. The lowest BCUT2D eigenvalue weighted by Crippen LogP contribution is -2.06. The van der Waals surface area contributed by atoms with Crippen molar-refractivity contribution in [1.29, 1.82) is 0 Å². The number of pyridine rings is 2. The zero-order valence-electron chi connectivity index (χ0n) is 14.1. The van der Waals surface area contributed by atoms with Crippen LogP contribution in [-0.2, 0) is 9.84 Å². The Morgan fingerprint density at radius 1 is 1.00 bits per heavy atom. The van der Waals surface area contributed by atoms with Crippen molar-refractivity contribution in [2.24, 2.45) is 0 Å². The van der Waals surface area contributed by atoms with Gasteiger partial charge >= 0.3 is 0 Å². The fraction of sp³-hybridized carbons (Fsp3) is 0.158. The molecule has 0 bridgehead atoms. The van der Waals surface area contributed by atoms with Crippen molar-refractivity contribution in [2.45, 2.75) is 18.7 Å². The summed E-state index contributed by atoms with van der Waals surface area (Å²) >= 11 is 6.35. The molecule has 4 nitrogen and oxygen atoms in total. The van der Waals surface area contributed by atoms with Gasteiger partial charge in [0.25, 0.3) is 0 Å². The summed E-state index contributed by atoms with van der Waals surface area (Å²) in [6, 6.07) is 12.9. The lowest BCUT2D eigenvalue weighted by molar-refractivity contribution is 0.602. The summed E-state index contributed by atoms with van der Waals surface area (Å²) in [5.74, 6) is 0. The average molecular weight is 373 g/mol. The molecule has 0 saturated heterocycles. The maximum atomic E-state index is 12.6. The number of nitrogens with zero attached hydrogens (tertiary/aromatic N) is 2. The smallest absolute Gasteiger partial charge is 0.178 e. The van der Waals surface area contributed by atoms with Crippen LogP contribution in [0.2, 0.25) is 5.02 Å². The van der Waals surface area contributed by atoms with Crippen molar-refractivity contribution < 1.29 is 8.42 Å². The summed E-state index contributed by atoms with van der Waals surface area (Å²) < 4.78 is 25.3. The van der Waals surface area contributed by atoms with Gasteiger partial charge in [0.2, 0.25) is 0 Å². The Bertz CT molecular complexity index is 1050. The summed E-state index contributed by atoms with van der Waals surface area (Å²) in [4.78, 5) is 8.90. The molecule has 2 heterocycles. The first-order valence-corrected chi connectivity index (χ1v) is 9.94. The van der Waals surface area contributed by atoms with Gasteiger partial charge in [-0.3, -0.25) is 9.97 Å². The molecule has 0 N–H and O–H groups in total. The lowest BCUT2D eigenvalue weighted by atomic mass is 10.0. The quantitative estimate of drug-likeness (QED) is 0.679. The molecule has 0 aliphatic rings. The van der Waals surface area contributed by atoms with Crippen molar-refractivity contribution in [3.63, 3.8) is 0 Å². The third-order valence-electron chi connectivity index (χ3n) is 3.90. The van der Waals surface area contributed by atoms with Gasteiger partial charge < -0.3 is 0 Å². The average Bonchev–Trinajstić information content (AvgIpc) is 2.55. The molecule has 0 aliphatic carbocycles. The lowest BCUT2D eigenvalue weighted by Gasteiger charge is -2.16. The zero-order valence-corrected chi connectivity index (χ0v) is 15.7. The van der Waals surface area contributed by atoms with E-state index in [0.29, 0.717) is 21.8 Å². The molecule has 0 amide bonds. The van der Waals surface area contributed by atoms with Crippen LogP contribution in [0, 0.1) is 13.8 Å². The Hall–Kier alpha value is -2.24. The van der Waals surface area contributed by atoms with E-state index in [1.165, 1.54) is 12.5 Å². The second kappa shape index (κ2) is 6.58. The molecule has 3 aromatic rings. The normalized spacial score (nSPS) is 11.5. The van der Waals surface area contributed by atoms with E-state index in [9.17, 15) is 8.42 Å². The molecular weight excluding hydrogens is 356 g/mol. The number of sulfone groups is 1. The highest BCUT2D eigenvalue weighted by Crippen LogP contribution is 2.39. The Morgan fingerprint density at radius 2 is 1.68 bits per heavy atom. The van der Waals surface area contributed by atoms with Crippen LogP contribution in [0.3, 0.4) is 0 Å². The summed E-state index contributed by atoms with van der Waals surface area (Å²) in [5, 5.41) is 0.299. The third kappa shape index (κ3) is 3.43. The largest absolute Gasteiger partial charge is 0.258 e. The van der Waals surface area contributed by atoms with Crippen molar-refractivity contribution in [3.8, 4) is 22.4 Å². The topological polar surface area (TPSA) is 59.9 Å². The number of rotatable bonds is 3. The van der Waals surface area contributed by atoms with E-state index < -0.39 is 9.84 Å². The fourth-order valence-corrected chi connectivity index (χ4v) is 4.26. The molecule has 2 aromatic heterocycles. The predicted molar refractivity (Wildman–Crippen MR) is 100 cm³/mol. The Morgan fingerprint density at radius 3 is 2.28 bits per heavy atom. The second-order valence-corrected chi connectivity index (χ2v) is 8.24. The van der Waals surface area contributed by atoms with Crippen molar-refractivity contribution >= 4 is 21.4 Å². The maximum absolute atomic E-state index is 12.6. The molecule has 0 saturated carbocycles. The van der Waals surface area contributed by atoms with Crippen molar-refractivity contribution in [2.75, 3.05) is 6.26 Å². The van der Waals surface area contributed by atoms with Crippen molar-refractivity contribution in [3.05, 3.63) is 65.1 Å². The fourth-order valence-electron chi connectivity index (χ4n) is 2.83. The van der Waals surface area contributed by atoms with Crippen LogP contribution in [0.1, 0.15) is 11.4 Å². The highest BCUT2D eigenvalue weighted by atomic mass is 35.5.